The average Bonchev–Trinajstić information content (AvgIpc) is 3.10. The van der Waals surface area contributed by atoms with Crippen LogP contribution in [0.15, 0.2) is 40.8 Å². The van der Waals surface area contributed by atoms with Crippen LogP contribution in [0.3, 0.4) is 0 Å². The lowest BCUT2D eigenvalue weighted by molar-refractivity contribution is 0.0513. The number of methoxy groups -OCH3 is 1. The van der Waals surface area contributed by atoms with Crippen LogP contribution in [0.5, 0.6) is 5.75 Å². The molecule has 1 fully saturated rings. The molecule has 3 rings (SSSR count). The largest absolute Gasteiger partial charge is 0.507 e. The molecule has 1 aromatic carbocycles. The second kappa shape index (κ2) is 7.40. The summed E-state index contributed by atoms with van der Waals surface area (Å²) in [7, 11) is 1.56. The first-order chi connectivity index (χ1) is 12.1. The minimum Gasteiger partial charge on any atom is -0.507 e. The molecular formula is C18H20N2O5. The van der Waals surface area contributed by atoms with Gasteiger partial charge in [0.1, 0.15) is 18.1 Å². The fourth-order valence-electron chi connectivity index (χ4n) is 2.81. The van der Waals surface area contributed by atoms with Crippen LogP contribution in [0, 0.1) is 0 Å². The Morgan fingerprint density at radius 2 is 1.68 bits per heavy atom. The molecular weight excluding hydrogens is 324 g/mol. The molecule has 0 bridgehead atoms. The number of nitrogens with zero attached hydrogens (tertiary/aromatic N) is 2. The molecule has 1 N–H and O–H groups in total. The zero-order valence-corrected chi connectivity index (χ0v) is 14.0. The summed E-state index contributed by atoms with van der Waals surface area (Å²) in [6.45, 7) is 1.96. The monoisotopic (exact) mass is 344 g/mol. The predicted molar refractivity (Wildman–Crippen MR) is 89.3 cm³/mol. The van der Waals surface area contributed by atoms with Gasteiger partial charge in [-0.15, -0.1) is 0 Å². The maximum absolute atomic E-state index is 12.5. The summed E-state index contributed by atoms with van der Waals surface area (Å²) in [4.78, 5) is 28.2. The van der Waals surface area contributed by atoms with Crippen molar-refractivity contribution < 1.29 is 23.8 Å². The summed E-state index contributed by atoms with van der Waals surface area (Å²) in [5.41, 5.74) is 0.275. The van der Waals surface area contributed by atoms with Gasteiger partial charge in [-0.2, -0.15) is 0 Å². The van der Waals surface area contributed by atoms with Gasteiger partial charge in [-0.25, -0.2) is 0 Å². The van der Waals surface area contributed by atoms with Crippen LogP contribution >= 0.6 is 0 Å². The molecule has 1 aliphatic heterocycles. The molecule has 25 heavy (non-hydrogen) atoms. The molecule has 1 aliphatic rings. The fourth-order valence-corrected chi connectivity index (χ4v) is 2.81. The second-order valence-corrected chi connectivity index (χ2v) is 5.80. The number of benzene rings is 1. The van der Waals surface area contributed by atoms with E-state index in [-0.39, 0.29) is 28.9 Å². The first-order valence-corrected chi connectivity index (χ1v) is 8.04. The highest BCUT2D eigenvalue weighted by Gasteiger charge is 2.27. The van der Waals surface area contributed by atoms with E-state index in [1.807, 2.05) is 0 Å². The van der Waals surface area contributed by atoms with Crippen molar-refractivity contribution in [3.63, 3.8) is 0 Å². The van der Waals surface area contributed by atoms with Gasteiger partial charge in [0.05, 0.1) is 5.56 Å². The van der Waals surface area contributed by atoms with Gasteiger partial charge < -0.3 is 24.1 Å². The topological polar surface area (TPSA) is 83.2 Å². The van der Waals surface area contributed by atoms with E-state index < -0.39 is 0 Å². The molecule has 7 heteroatoms. The van der Waals surface area contributed by atoms with Crippen LogP contribution in [0.4, 0.5) is 0 Å². The standard InChI is InChI=1S/C18H20N2O5/c1-24-12-13-6-7-16(25-13)18(23)20-10-8-19(9-11-20)17(22)14-4-2-3-5-15(14)21/h2-7,21H,8-12H2,1H3. The Morgan fingerprint density at radius 3 is 2.32 bits per heavy atom. The van der Waals surface area contributed by atoms with Crippen molar-refractivity contribution in [2.75, 3.05) is 33.3 Å². The highest BCUT2D eigenvalue weighted by Crippen LogP contribution is 2.19. The van der Waals surface area contributed by atoms with Crippen molar-refractivity contribution in [3.8, 4) is 5.75 Å². The van der Waals surface area contributed by atoms with E-state index in [1.54, 1.807) is 47.2 Å². The summed E-state index contributed by atoms with van der Waals surface area (Å²) in [6, 6.07) is 9.81. The summed E-state index contributed by atoms with van der Waals surface area (Å²) >= 11 is 0. The average molecular weight is 344 g/mol. The maximum Gasteiger partial charge on any atom is 0.289 e. The van der Waals surface area contributed by atoms with E-state index >= 15 is 0 Å². The van der Waals surface area contributed by atoms with Gasteiger partial charge in [-0.05, 0) is 24.3 Å². The molecule has 2 aromatic rings. The van der Waals surface area contributed by atoms with Gasteiger partial charge in [0.25, 0.3) is 11.8 Å². The molecule has 7 nitrogen and oxygen atoms in total. The Balaban J connectivity index is 1.60. The van der Waals surface area contributed by atoms with Crippen molar-refractivity contribution in [1.29, 1.82) is 0 Å². The highest BCUT2D eigenvalue weighted by molar-refractivity contribution is 5.97. The third kappa shape index (κ3) is 3.66. The molecule has 1 aromatic heterocycles. The number of carbonyl (C=O) groups excluding carboxylic acids is 2. The van der Waals surface area contributed by atoms with Crippen molar-refractivity contribution in [1.82, 2.24) is 9.80 Å². The molecule has 1 saturated heterocycles. The highest BCUT2D eigenvalue weighted by atomic mass is 16.5. The number of rotatable bonds is 4. The number of ether oxygens (including phenoxy) is 1. The summed E-state index contributed by atoms with van der Waals surface area (Å²) in [6.07, 6.45) is 0. The predicted octanol–water partition coefficient (Wildman–Crippen LogP) is 1.73. The molecule has 2 amide bonds. The first-order valence-electron chi connectivity index (χ1n) is 8.04. The Bertz CT molecular complexity index is 762. The number of piperazine rings is 1. The lowest BCUT2D eigenvalue weighted by Gasteiger charge is -2.34. The SMILES string of the molecule is COCc1ccc(C(=O)N2CCN(C(=O)c3ccccc3O)CC2)o1. The molecule has 0 unspecified atom stereocenters. The number of phenolic OH excluding ortho intramolecular Hbond substituents is 1. The van der Waals surface area contributed by atoms with E-state index in [2.05, 4.69) is 0 Å². The van der Waals surface area contributed by atoms with Gasteiger partial charge in [0, 0.05) is 33.3 Å². The van der Waals surface area contributed by atoms with Crippen LogP contribution in [-0.4, -0.2) is 60.0 Å². The van der Waals surface area contributed by atoms with Gasteiger partial charge >= 0.3 is 0 Å². The molecule has 0 radical (unpaired) electrons. The van der Waals surface area contributed by atoms with Crippen molar-refractivity contribution in [2.45, 2.75) is 6.61 Å². The first kappa shape index (κ1) is 17.0. The van der Waals surface area contributed by atoms with Crippen LogP contribution in [0.1, 0.15) is 26.7 Å². The van der Waals surface area contributed by atoms with Crippen LogP contribution in [-0.2, 0) is 11.3 Å². The quantitative estimate of drug-likeness (QED) is 0.913. The summed E-state index contributed by atoms with van der Waals surface area (Å²) in [5.74, 6) is 0.404. The second-order valence-electron chi connectivity index (χ2n) is 5.80. The Morgan fingerprint density at radius 1 is 1.04 bits per heavy atom. The number of carbonyl (C=O) groups is 2. The minimum absolute atomic E-state index is 0.0349. The fraction of sp³-hybridized carbons (Fsp3) is 0.333. The molecule has 0 aliphatic carbocycles. The Hall–Kier alpha value is -2.80. The van der Waals surface area contributed by atoms with Crippen LogP contribution in [0.25, 0.3) is 0 Å². The summed E-state index contributed by atoms with van der Waals surface area (Å²) in [5, 5.41) is 9.81. The number of hydrogen-bond donors (Lipinski definition) is 1. The van der Waals surface area contributed by atoms with Crippen LogP contribution in [0.2, 0.25) is 0 Å². The van der Waals surface area contributed by atoms with E-state index in [9.17, 15) is 14.7 Å². The zero-order chi connectivity index (χ0) is 17.8. The third-order valence-corrected chi connectivity index (χ3v) is 4.15. The van der Waals surface area contributed by atoms with Crippen molar-refractivity contribution >= 4 is 11.8 Å². The normalized spacial score (nSPS) is 14.6. The van der Waals surface area contributed by atoms with Gasteiger partial charge in [-0.3, -0.25) is 9.59 Å². The zero-order valence-electron chi connectivity index (χ0n) is 14.0. The number of para-hydroxylation sites is 1. The molecule has 0 spiro atoms. The van der Waals surface area contributed by atoms with Crippen molar-refractivity contribution in [3.05, 3.63) is 53.5 Å². The van der Waals surface area contributed by atoms with E-state index in [0.29, 0.717) is 38.5 Å². The number of hydrogen-bond acceptors (Lipinski definition) is 5. The molecule has 132 valence electrons. The number of phenols is 1. The van der Waals surface area contributed by atoms with Gasteiger partial charge in [0.15, 0.2) is 5.76 Å². The third-order valence-electron chi connectivity index (χ3n) is 4.15. The van der Waals surface area contributed by atoms with Gasteiger partial charge in [0.2, 0.25) is 0 Å². The van der Waals surface area contributed by atoms with E-state index in [0.717, 1.165) is 0 Å². The van der Waals surface area contributed by atoms with Crippen LogP contribution < -0.4 is 0 Å². The van der Waals surface area contributed by atoms with E-state index in [4.69, 9.17) is 9.15 Å². The smallest absolute Gasteiger partial charge is 0.289 e. The number of aromatic hydroxyl groups is 1. The van der Waals surface area contributed by atoms with E-state index in [1.165, 1.54) is 6.07 Å². The lowest BCUT2D eigenvalue weighted by atomic mass is 10.1. The minimum atomic E-state index is -0.231. The Labute approximate surface area is 145 Å². The molecule has 0 saturated carbocycles. The number of amides is 2. The Kier molecular flexibility index (Phi) is 5.04. The summed E-state index contributed by atoms with van der Waals surface area (Å²) < 4.78 is 10.4. The lowest BCUT2D eigenvalue weighted by Crippen LogP contribution is -2.50. The molecule has 0 atom stereocenters. The maximum atomic E-state index is 12.5. The van der Waals surface area contributed by atoms with Gasteiger partial charge in [-0.1, -0.05) is 12.1 Å². The van der Waals surface area contributed by atoms with Crippen molar-refractivity contribution in [2.24, 2.45) is 0 Å². The number of furan rings is 1. The molecule has 2 heterocycles.